The van der Waals surface area contributed by atoms with Crippen molar-refractivity contribution in [3.63, 3.8) is 0 Å². The first-order valence-electron chi connectivity index (χ1n) is 15.0. The van der Waals surface area contributed by atoms with Crippen LogP contribution in [-0.4, -0.2) is 15.0 Å². The number of furan rings is 1. The number of benzene rings is 7. The molecule has 4 nitrogen and oxygen atoms in total. The standard InChI is InChI=1S/C41H25N3O/c1-3-11-27(12-4-1)39-42-40(28-13-5-2-6-14-28)44-41(43-39)31-21-23-35-36-17-9-16-34(38(36)45-37(35)25-31)30-20-22-33-29(24-30)19-18-26-10-7-8-15-32(26)33/h1-25H. The predicted molar refractivity (Wildman–Crippen MR) is 184 cm³/mol. The van der Waals surface area contributed by atoms with Crippen molar-refractivity contribution in [2.24, 2.45) is 0 Å². The maximum absolute atomic E-state index is 6.64. The van der Waals surface area contributed by atoms with Crippen molar-refractivity contribution in [3.8, 4) is 45.3 Å². The summed E-state index contributed by atoms with van der Waals surface area (Å²) in [7, 11) is 0. The maximum Gasteiger partial charge on any atom is 0.164 e. The second-order valence-electron chi connectivity index (χ2n) is 11.3. The zero-order valence-corrected chi connectivity index (χ0v) is 24.2. The zero-order chi connectivity index (χ0) is 29.7. The number of rotatable bonds is 4. The lowest BCUT2D eigenvalue weighted by Crippen LogP contribution is -2.00. The highest BCUT2D eigenvalue weighted by atomic mass is 16.3. The van der Waals surface area contributed by atoms with Crippen molar-refractivity contribution in [2.75, 3.05) is 0 Å². The molecule has 2 aromatic heterocycles. The summed E-state index contributed by atoms with van der Waals surface area (Å²) in [5.74, 6) is 1.87. The molecule has 0 saturated heterocycles. The lowest BCUT2D eigenvalue weighted by molar-refractivity contribution is 0.670. The van der Waals surface area contributed by atoms with E-state index >= 15 is 0 Å². The normalized spacial score (nSPS) is 11.6. The molecule has 0 radical (unpaired) electrons. The molecule has 45 heavy (non-hydrogen) atoms. The molecule has 9 rings (SSSR count). The van der Waals surface area contributed by atoms with Gasteiger partial charge in [-0.05, 0) is 45.3 Å². The number of para-hydroxylation sites is 1. The molecule has 0 aliphatic carbocycles. The van der Waals surface area contributed by atoms with Crippen LogP contribution in [0.5, 0.6) is 0 Å². The van der Waals surface area contributed by atoms with Crippen molar-refractivity contribution in [3.05, 3.63) is 152 Å². The van der Waals surface area contributed by atoms with Crippen LogP contribution in [0.15, 0.2) is 156 Å². The smallest absolute Gasteiger partial charge is 0.164 e. The van der Waals surface area contributed by atoms with Crippen LogP contribution in [0, 0.1) is 0 Å². The Labute approximate surface area is 259 Å². The fourth-order valence-electron chi connectivity index (χ4n) is 6.28. The van der Waals surface area contributed by atoms with E-state index < -0.39 is 0 Å². The molecule has 210 valence electrons. The highest BCUT2D eigenvalue weighted by Crippen LogP contribution is 2.39. The van der Waals surface area contributed by atoms with Gasteiger partial charge in [0.25, 0.3) is 0 Å². The predicted octanol–water partition coefficient (Wildman–Crippen LogP) is 10.7. The van der Waals surface area contributed by atoms with Gasteiger partial charge in [-0.25, -0.2) is 15.0 Å². The average Bonchev–Trinajstić information content (AvgIpc) is 3.50. The highest BCUT2D eigenvalue weighted by Gasteiger charge is 2.16. The number of fused-ring (bicyclic) bond motifs is 6. The van der Waals surface area contributed by atoms with E-state index in [1.54, 1.807) is 0 Å². The number of hydrogen-bond donors (Lipinski definition) is 0. The van der Waals surface area contributed by atoms with Crippen molar-refractivity contribution in [1.29, 1.82) is 0 Å². The Kier molecular flexibility index (Phi) is 5.78. The van der Waals surface area contributed by atoms with Crippen LogP contribution in [0.3, 0.4) is 0 Å². The second-order valence-corrected chi connectivity index (χ2v) is 11.3. The summed E-state index contributed by atoms with van der Waals surface area (Å²) in [6.07, 6.45) is 0. The molecule has 0 fully saturated rings. The summed E-state index contributed by atoms with van der Waals surface area (Å²) in [5, 5.41) is 7.11. The monoisotopic (exact) mass is 575 g/mol. The van der Waals surface area contributed by atoms with Crippen molar-refractivity contribution in [2.45, 2.75) is 0 Å². The van der Waals surface area contributed by atoms with Gasteiger partial charge in [0, 0.05) is 33.0 Å². The summed E-state index contributed by atoms with van der Waals surface area (Å²) < 4.78 is 6.64. The van der Waals surface area contributed by atoms with Crippen molar-refractivity contribution in [1.82, 2.24) is 15.0 Å². The molecule has 0 aliphatic heterocycles. The SMILES string of the molecule is c1ccc(-c2nc(-c3ccccc3)nc(-c3ccc4c(c3)oc3c(-c5ccc6c(ccc7ccccc76)c5)cccc34)n2)cc1. The molecule has 0 spiro atoms. The molecule has 0 atom stereocenters. The highest BCUT2D eigenvalue weighted by molar-refractivity contribution is 6.12. The summed E-state index contributed by atoms with van der Waals surface area (Å²) in [6, 6.07) is 52.3. The Bertz CT molecular complexity index is 2480. The molecule has 0 saturated carbocycles. The van der Waals surface area contributed by atoms with E-state index in [2.05, 4.69) is 84.9 Å². The van der Waals surface area contributed by atoms with Crippen LogP contribution in [0.4, 0.5) is 0 Å². The fourth-order valence-corrected chi connectivity index (χ4v) is 6.28. The van der Waals surface area contributed by atoms with Gasteiger partial charge in [0.2, 0.25) is 0 Å². The van der Waals surface area contributed by atoms with E-state index in [1.807, 2.05) is 66.7 Å². The third-order valence-electron chi connectivity index (χ3n) is 8.51. The number of aromatic nitrogens is 3. The van der Waals surface area contributed by atoms with Crippen LogP contribution < -0.4 is 0 Å². The van der Waals surface area contributed by atoms with Crippen LogP contribution in [0.1, 0.15) is 0 Å². The van der Waals surface area contributed by atoms with Crippen LogP contribution in [0.25, 0.3) is 88.8 Å². The van der Waals surface area contributed by atoms with E-state index in [9.17, 15) is 0 Å². The lowest BCUT2D eigenvalue weighted by Gasteiger charge is -2.08. The molecule has 4 heteroatoms. The van der Waals surface area contributed by atoms with Crippen LogP contribution in [-0.2, 0) is 0 Å². The van der Waals surface area contributed by atoms with E-state index in [1.165, 1.54) is 21.5 Å². The molecule has 0 bridgehead atoms. The van der Waals surface area contributed by atoms with E-state index in [0.717, 1.165) is 49.8 Å². The summed E-state index contributed by atoms with van der Waals surface area (Å²) in [5.41, 5.74) is 6.61. The third-order valence-corrected chi connectivity index (χ3v) is 8.51. The van der Waals surface area contributed by atoms with E-state index in [-0.39, 0.29) is 0 Å². The van der Waals surface area contributed by atoms with Gasteiger partial charge < -0.3 is 4.42 Å². The number of nitrogens with zero attached hydrogens (tertiary/aromatic N) is 3. The van der Waals surface area contributed by atoms with Crippen molar-refractivity contribution >= 4 is 43.5 Å². The van der Waals surface area contributed by atoms with E-state index in [4.69, 9.17) is 19.4 Å². The number of hydrogen-bond acceptors (Lipinski definition) is 4. The molecule has 0 unspecified atom stereocenters. The van der Waals surface area contributed by atoms with Gasteiger partial charge in [0.05, 0.1) is 0 Å². The lowest BCUT2D eigenvalue weighted by atomic mass is 9.96. The Morgan fingerprint density at radius 2 is 0.933 bits per heavy atom. The molecular formula is C41H25N3O. The molecule has 7 aromatic carbocycles. The van der Waals surface area contributed by atoms with Gasteiger partial charge in [-0.3, -0.25) is 0 Å². The van der Waals surface area contributed by atoms with Crippen LogP contribution in [0.2, 0.25) is 0 Å². The first kappa shape index (κ1) is 25.4. The minimum absolute atomic E-state index is 0.604. The first-order valence-corrected chi connectivity index (χ1v) is 15.0. The Morgan fingerprint density at radius 3 is 1.69 bits per heavy atom. The average molecular weight is 576 g/mol. The summed E-state index contributed by atoms with van der Waals surface area (Å²) in [4.78, 5) is 14.7. The van der Waals surface area contributed by atoms with E-state index in [0.29, 0.717) is 17.5 Å². The minimum Gasteiger partial charge on any atom is -0.455 e. The Balaban J connectivity index is 1.18. The van der Waals surface area contributed by atoms with Gasteiger partial charge in [0.15, 0.2) is 17.5 Å². The molecule has 9 aromatic rings. The third kappa shape index (κ3) is 4.35. The first-order chi connectivity index (χ1) is 22.3. The molecular weight excluding hydrogens is 550 g/mol. The topological polar surface area (TPSA) is 51.8 Å². The summed E-state index contributed by atoms with van der Waals surface area (Å²) >= 11 is 0. The maximum atomic E-state index is 6.64. The van der Waals surface area contributed by atoms with Gasteiger partial charge in [-0.1, -0.05) is 133 Å². The van der Waals surface area contributed by atoms with Crippen molar-refractivity contribution < 1.29 is 4.42 Å². The van der Waals surface area contributed by atoms with Gasteiger partial charge >= 0.3 is 0 Å². The zero-order valence-electron chi connectivity index (χ0n) is 24.2. The molecule has 0 amide bonds. The Morgan fingerprint density at radius 1 is 0.356 bits per heavy atom. The molecule has 2 heterocycles. The second kappa shape index (κ2) is 10.2. The quantitative estimate of drug-likeness (QED) is 0.196. The van der Waals surface area contributed by atoms with Crippen LogP contribution >= 0.6 is 0 Å². The fraction of sp³-hybridized carbons (Fsp3) is 0. The summed E-state index contributed by atoms with van der Waals surface area (Å²) in [6.45, 7) is 0. The minimum atomic E-state index is 0.604. The largest absolute Gasteiger partial charge is 0.455 e. The molecule has 0 aliphatic rings. The molecule has 0 N–H and O–H groups in total. The Hall–Kier alpha value is -6.13. The van der Waals surface area contributed by atoms with Gasteiger partial charge in [-0.2, -0.15) is 0 Å². The van der Waals surface area contributed by atoms with Gasteiger partial charge in [0.1, 0.15) is 11.2 Å². The van der Waals surface area contributed by atoms with Gasteiger partial charge in [-0.15, -0.1) is 0 Å².